The van der Waals surface area contributed by atoms with E-state index in [0.717, 1.165) is 17.7 Å². The molecule has 6 nitrogen and oxygen atoms in total. The van der Waals surface area contributed by atoms with Gasteiger partial charge in [-0.2, -0.15) is 0 Å². The monoisotopic (exact) mass is 368 g/mol. The average Bonchev–Trinajstić information content (AvgIpc) is 3.16. The molecule has 0 aliphatic rings. The minimum atomic E-state index is -0.116. The van der Waals surface area contributed by atoms with Crippen molar-refractivity contribution in [2.45, 2.75) is 31.4 Å². The van der Waals surface area contributed by atoms with E-state index in [4.69, 9.17) is 4.42 Å². The lowest BCUT2D eigenvalue weighted by Gasteiger charge is -2.10. The minimum absolute atomic E-state index is 0.116. The third-order valence-corrected chi connectivity index (χ3v) is 4.85. The highest BCUT2D eigenvalue weighted by atomic mass is 32.2. The Kier molecular flexibility index (Phi) is 6.01. The Labute approximate surface area is 156 Å². The number of aromatic nitrogens is 3. The van der Waals surface area contributed by atoms with E-state index in [-0.39, 0.29) is 11.7 Å². The predicted octanol–water partition coefficient (Wildman–Crippen LogP) is 4.38. The van der Waals surface area contributed by atoms with Gasteiger partial charge in [0.25, 0.3) is 5.22 Å². The molecule has 1 unspecified atom stereocenters. The number of hydrogen-bond donors (Lipinski definition) is 1. The van der Waals surface area contributed by atoms with Crippen LogP contribution in [0.2, 0.25) is 0 Å². The first-order valence-electron chi connectivity index (χ1n) is 8.42. The zero-order valence-electron chi connectivity index (χ0n) is 14.7. The normalized spacial score (nSPS) is 11.9. The molecule has 2 heterocycles. The van der Waals surface area contributed by atoms with Crippen molar-refractivity contribution in [2.24, 2.45) is 0 Å². The number of thioether (sulfide) groups is 1. The van der Waals surface area contributed by atoms with Crippen LogP contribution in [0.5, 0.6) is 0 Å². The quantitative estimate of drug-likeness (QED) is 0.624. The highest BCUT2D eigenvalue weighted by Gasteiger charge is 2.11. The molecule has 0 radical (unpaired) electrons. The van der Waals surface area contributed by atoms with Gasteiger partial charge in [-0.25, -0.2) is 0 Å². The third kappa shape index (κ3) is 4.70. The summed E-state index contributed by atoms with van der Waals surface area (Å²) in [5, 5.41) is 11.2. The average molecular weight is 368 g/mol. The molecule has 0 aliphatic carbocycles. The lowest BCUT2D eigenvalue weighted by Crippen LogP contribution is -2.14. The zero-order chi connectivity index (χ0) is 18.4. The molecule has 1 aromatic carbocycles. The maximum absolute atomic E-state index is 12.1. The second-order valence-corrected chi connectivity index (χ2v) is 6.80. The number of rotatable bonds is 7. The van der Waals surface area contributed by atoms with Gasteiger partial charge in [0.05, 0.1) is 5.75 Å². The van der Waals surface area contributed by atoms with Gasteiger partial charge in [-0.05, 0) is 42.2 Å². The summed E-state index contributed by atoms with van der Waals surface area (Å²) in [4.78, 5) is 16.1. The molecule has 0 aliphatic heterocycles. The number of nitrogens with one attached hydrogen (secondary N) is 1. The van der Waals surface area contributed by atoms with Crippen LogP contribution in [0, 0.1) is 0 Å². The number of nitrogens with zero attached hydrogens (tertiary/aromatic N) is 3. The Morgan fingerprint density at radius 3 is 2.58 bits per heavy atom. The molecule has 0 bridgehead atoms. The van der Waals surface area contributed by atoms with Crippen LogP contribution in [0.25, 0.3) is 11.5 Å². The van der Waals surface area contributed by atoms with E-state index in [0.29, 0.717) is 17.0 Å². The largest absolute Gasteiger partial charge is 0.411 e. The van der Waals surface area contributed by atoms with E-state index in [1.165, 1.54) is 17.3 Å². The Balaban J connectivity index is 1.52. The molecule has 134 valence electrons. The Morgan fingerprint density at radius 1 is 1.15 bits per heavy atom. The van der Waals surface area contributed by atoms with Crippen LogP contribution >= 0.6 is 11.8 Å². The lowest BCUT2D eigenvalue weighted by molar-refractivity contribution is -0.113. The fourth-order valence-electron chi connectivity index (χ4n) is 2.33. The first-order valence-corrected chi connectivity index (χ1v) is 9.40. The van der Waals surface area contributed by atoms with Crippen molar-refractivity contribution in [2.75, 3.05) is 11.1 Å². The smallest absolute Gasteiger partial charge is 0.277 e. The molecule has 1 amide bonds. The fourth-order valence-corrected chi connectivity index (χ4v) is 2.90. The second kappa shape index (κ2) is 8.62. The Hall–Kier alpha value is -2.67. The number of carbonyl (C=O) groups is 1. The van der Waals surface area contributed by atoms with Crippen molar-refractivity contribution in [3.63, 3.8) is 0 Å². The summed E-state index contributed by atoms with van der Waals surface area (Å²) < 4.78 is 5.56. The molecule has 0 spiro atoms. The van der Waals surface area contributed by atoms with E-state index in [1.54, 1.807) is 24.5 Å². The van der Waals surface area contributed by atoms with Crippen molar-refractivity contribution in [3.05, 3.63) is 54.4 Å². The minimum Gasteiger partial charge on any atom is -0.411 e. The summed E-state index contributed by atoms with van der Waals surface area (Å²) in [5.41, 5.74) is 2.85. The summed E-state index contributed by atoms with van der Waals surface area (Å²) in [5.74, 6) is 1.01. The number of anilines is 1. The van der Waals surface area contributed by atoms with Gasteiger partial charge in [0.15, 0.2) is 0 Å². The number of benzene rings is 1. The summed E-state index contributed by atoms with van der Waals surface area (Å²) in [6.45, 7) is 4.35. The van der Waals surface area contributed by atoms with Crippen LogP contribution in [0.1, 0.15) is 31.7 Å². The van der Waals surface area contributed by atoms with E-state index in [1.807, 2.05) is 12.1 Å². The summed E-state index contributed by atoms with van der Waals surface area (Å²) in [6.07, 6.45) is 4.41. The van der Waals surface area contributed by atoms with E-state index >= 15 is 0 Å². The van der Waals surface area contributed by atoms with Gasteiger partial charge in [-0.3, -0.25) is 9.78 Å². The molecular formula is C19H20N4O2S. The van der Waals surface area contributed by atoms with Crippen LogP contribution in [-0.2, 0) is 4.79 Å². The highest BCUT2D eigenvalue weighted by Crippen LogP contribution is 2.23. The van der Waals surface area contributed by atoms with Gasteiger partial charge in [0, 0.05) is 23.6 Å². The molecular weight excluding hydrogens is 348 g/mol. The van der Waals surface area contributed by atoms with Gasteiger partial charge in [-0.15, -0.1) is 10.2 Å². The zero-order valence-corrected chi connectivity index (χ0v) is 15.5. The lowest BCUT2D eigenvalue weighted by atomic mass is 9.99. The maximum Gasteiger partial charge on any atom is 0.277 e. The summed E-state index contributed by atoms with van der Waals surface area (Å²) in [7, 11) is 0. The van der Waals surface area contributed by atoms with Gasteiger partial charge in [-0.1, -0.05) is 37.7 Å². The second-order valence-electron chi connectivity index (χ2n) is 5.88. The van der Waals surface area contributed by atoms with E-state index < -0.39 is 0 Å². The van der Waals surface area contributed by atoms with Gasteiger partial charge in [0.1, 0.15) is 0 Å². The standard InChI is InChI=1S/C19H20N4O2S/c1-3-13(2)14-4-6-16(7-5-14)21-17(24)12-26-19-23-22-18(25-19)15-8-10-20-11-9-15/h4-11,13H,3,12H2,1-2H3,(H,21,24). The first-order chi connectivity index (χ1) is 12.7. The molecule has 0 saturated carbocycles. The van der Waals surface area contributed by atoms with Gasteiger partial charge in [0.2, 0.25) is 11.8 Å². The number of pyridine rings is 1. The van der Waals surface area contributed by atoms with Crippen LogP contribution in [0.4, 0.5) is 5.69 Å². The number of amides is 1. The first kappa shape index (κ1) is 18.1. The van der Waals surface area contributed by atoms with Crippen LogP contribution in [0.3, 0.4) is 0 Å². The van der Waals surface area contributed by atoms with E-state index in [9.17, 15) is 4.79 Å². The molecule has 3 rings (SSSR count). The van der Waals surface area contributed by atoms with Crippen LogP contribution < -0.4 is 5.32 Å². The molecule has 0 saturated heterocycles. The third-order valence-electron chi connectivity index (χ3n) is 4.04. The van der Waals surface area contributed by atoms with Crippen LogP contribution in [-0.4, -0.2) is 26.8 Å². The maximum atomic E-state index is 12.1. The highest BCUT2D eigenvalue weighted by molar-refractivity contribution is 7.99. The summed E-state index contributed by atoms with van der Waals surface area (Å²) in [6, 6.07) is 11.5. The molecule has 3 aromatic rings. The van der Waals surface area contributed by atoms with Crippen molar-refractivity contribution >= 4 is 23.4 Å². The molecule has 2 aromatic heterocycles. The van der Waals surface area contributed by atoms with Crippen molar-refractivity contribution in [1.29, 1.82) is 0 Å². The van der Waals surface area contributed by atoms with Gasteiger partial charge >= 0.3 is 0 Å². The fraction of sp³-hybridized carbons (Fsp3) is 0.263. The van der Waals surface area contributed by atoms with Crippen LogP contribution in [0.15, 0.2) is 58.4 Å². The van der Waals surface area contributed by atoms with Crippen molar-refractivity contribution in [3.8, 4) is 11.5 Å². The molecule has 7 heteroatoms. The van der Waals surface area contributed by atoms with Crippen molar-refractivity contribution in [1.82, 2.24) is 15.2 Å². The SMILES string of the molecule is CCC(C)c1ccc(NC(=O)CSc2nnc(-c3ccncc3)o2)cc1. The Morgan fingerprint density at radius 2 is 1.88 bits per heavy atom. The van der Waals surface area contributed by atoms with E-state index in [2.05, 4.69) is 46.5 Å². The Bertz CT molecular complexity index is 849. The molecule has 0 fully saturated rings. The number of hydrogen-bond acceptors (Lipinski definition) is 6. The van der Waals surface area contributed by atoms with Gasteiger partial charge < -0.3 is 9.73 Å². The van der Waals surface area contributed by atoms with Crippen molar-refractivity contribution < 1.29 is 9.21 Å². The number of carbonyl (C=O) groups excluding carboxylic acids is 1. The predicted molar refractivity (Wildman–Crippen MR) is 102 cm³/mol. The molecule has 1 atom stereocenters. The molecule has 26 heavy (non-hydrogen) atoms. The topological polar surface area (TPSA) is 80.9 Å². The summed E-state index contributed by atoms with van der Waals surface area (Å²) >= 11 is 1.21. The molecule has 1 N–H and O–H groups in total.